The fraction of sp³-hybridized carbons (Fsp3) is 0.286. The number of ether oxygens (including phenoxy) is 1. The molecule has 0 aliphatic rings. The molecular formula is C14H15ClN4OS. The molecule has 0 aromatic carbocycles. The van der Waals surface area contributed by atoms with Crippen molar-refractivity contribution in [1.82, 2.24) is 19.5 Å². The van der Waals surface area contributed by atoms with Gasteiger partial charge in [0.05, 0.1) is 11.1 Å². The van der Waals surface area contributed by atoms with Gasteiger partial charge in [0.2, 0.25) is 0 Å². The van der Waals surface area contributed by atoms with Gasteiger partial charge in [-0.2, -0.15) is 5.10 Å². The minimum absolute atomic E-state index is 0.445. The van der Waals surface area contributed by atoms with Crippen LogP contribution in [0, 0.1) is 0 Å². The molecule has 3 rings (SSSR count). The van der Waals surface area contributed by atoms with Crippen molar-refractivity contribution >= 4 is 28.6 Å². The molecule has 0 fully saturated rings. The van der Waals surface area contributed by atoms with E-state index >= 15 is 0 Å². The van der Waals surface area contributed by atoms with E-state index in [0.717, 1.165) is 27.8 Å². The normalized spacial score (nSPS) is 11.4. The first-order valence-electron chi connectivity index (χ1n) is 6.51. The Morgan fingerprint density at radius 1 is 1.29 bits per heavy atom. The van der Waals surface area contributed by atoms with Crippen LogP contribution in [0.2, 0.25) is 5.15 Å². The summed E-state index contributed by atoms with van der Waals surface area (Å²) in [7, 11) is 4.05. The number of fused-ring (bicyclic) bond motifs is 1. The van der Waals surface area contributed by atoms with Crippen molar-refractivity contribution in [2.24, 2.45) is 0 Å². The first kappa shape index (κ1) is 14.3. The van der Waals surface area contributed by atoms with Gasteiger partial charge in [0, 0.05) is 6.54 Å². The van der Waals surface area contributed by atoms with Crippen molar-refractivity contribution in [2.45, 2.75) is 0 Å². The summed E-state index contributed by atoms with van der Waals surface area (Å²) >= 11 is 7.53. The predicted octanol–water partition coefficient (Wildman–Crippen LogP) is 3.05. The van der Waals surface area contributed by atoms with E-state index in [2.05, 4.69) is 15.0 Å². The number of thiophene rings is 1. The van der Waals surface area contributed by atoms with E-state index in [0.29, 0.717) is 11.8 Å². The molecule has 5 nitrogen and oxygen atoms in total. The van der Waals surface area contributed by atoms with Gasteiger partial charge in [0.15, 0.2) is 10.7 Å². The molecule has 0 amide bonds. The zero-order valence-corrected chi connectivity index (χ0v) is 13.4. The van der Waals surface area contributed by atoms with Crippen LogP contribution in [0.25, 0.3) is 16.2 Å². The summed E-state index contributed by atoms with van der Waals surface area (Å²) in [6, 6.07) is 7.57. The Kier molecular flexibility index (Phi) is 4.10. The van der Waals surface area contributed by atoms with E-state index in [1.165, 1.54) is 0 Å². The summed E-state index contributed by atoms with van der Waals surface area (Å²) in [6.07, 6.45) is 1.80. The van der Waals surface area contributed by atoms with E-state index in [-0.39, 0.29) is 0 Å². The lowest BCUT2D eigenvalue weighted by Crippen LogP contribution is -2.19. The first-order chi connectivity index (χ1) is 10.1. The molecule has 0 atom stereocenters. The molecule has 0 saturated carbocycles. The molecular weight excluding hydrogens is 308 g/mol. The Morgan fingerprint density at radius 2 is 2.14 bits per heavy atom. The minimum Gasteiger partial charge on any atom is -0.483 e. The Bertz CT molecular complexity index is 752. The number of nitrogens with zero attached hydrogens (tertiary/aromatic N) is 4. The average molecular weight is 323 g/mol. The highest BCUT2D eigenvalue weighted by atomic mass is 35.5. The summed E-state index contributed by atoms with van der Waals surface area (Å²) in [5, 5.41) is 5.62. The number of hydrogen-bond donors (Lipinski definition) is 0. The van der Waals surface area contributed by atoms with Crippen LogP contribution in [0.15, 0.2) is 30.5 Å². The number of likely N-dealkylation sites (N-methyl/N-ethyl adjacent to an activating group) is 1. The molecule has 110 valence electrons. The number of hydrogen-bond acceptors (Lipinski definition) is 5. The molecule has 3 heterocycles. The van der Waals surface area contributed by atoms with Gasteiger partial charge in [-0.25, -0.2) is 9.50 Å². The van der Waals surface area contributed by atoms with Crippen molar-refractivity contribution in [3.63, 3.8) is 0 Å². The second-order valence-electron chi connectivity index (χ2n) is 4.84. The maximum atomic E-state index is 5.95. The predicted molar refractivity (Wildman–Crippen MR) is 85.4 cm³/mol. The van der Waals surface area contributed by atoms with Crippen LogP contribution in [0.3, 0.4) is 0 Å². The van der Waals surface area contributed by atoms with Crippen LogP contribution in [-0.4, -0.2) is 46.7 Å². The lowest BCUT2D eigenvalue weighted by atomic mass is 10.4. The molecule has 3 aromatic rings. The molecule has 7 heteroatoms. The molecule has 0 N–H and O–H groups in total. The van der Waals surface area contributed by atoms with E-state index in [1.807, 2.05) is 32.3 Å². The Labute approximate surface area is 131 Å². The minimum atomic E-state index is 0.445. The fourth-order valence-electron chi connectivity index (χ4n) is 1.88. The van der Waals surface area contributed by atoms with Gasteiger partial charge in [-0.15, -0.1) is 0 Å². The highest BCUT2D eigenvalue weighted by Crippen LogP contribution is 2.33. The summed E-state index contributed by atoms with van der Waals surface area (Å²) in [5.41, 5.74) is 1.69. The van der Waals surface area contributed by atoms with Crippen LogP contribution in [0.5, 0.6) is 5.06 Å². The molecule has 0 radical (unpaired) electrons. The number of halogens is 1. The van der Waals surface area contributed by atoms with Gasteiger partial charge in [-0.1, -0.05) is 22.9 Å². The molecule has 3 aromatic heterocycles. The first-order valence-corrected chi connectivity index (χ1v) is 7.71. The molecule has 0 unspecified atom stereocenters. The number of imidazole rings is 1. The van der Waals surface area contributed by atoms with Crippen molar-refractivity contribution in [3.05, 3.63) is 35.6 Å². The van der Waals surface area contributed by atoms with Crippen molar-refractivity contribution in [2.75, 3.05) is 27.2 Å². The Hall–Kier alpha value is -1.63. The lowest BCUT2D eigenvalue weighted by molar-refractivity contribution is 0.267. The third-order valence-corrected chi connectivity index (χ3v) is 4.17. The average Bonchev–Trinajstić information content (AvgIpc) is 3.04. The SMILES string of the molecule is CN(C)CCOc1ccc(-c2cnc3ccc(Cl)nn23)s1. The number of aromatic nitrogens is 3. The van der Waals surface area contributed by atoms with Crippen molar-refractivity contribution in [3.8, 4) is 15.6 Å². The number of rotatable bonds is 5. The van der Waals surface area contributed by atoms with Gasteiger partial charge in [-0.3, -0.25) is 0 Å². The lowest BCUT2D eigenvalue weighted by Gasteiger charge is -2.09. The van der Waals surface area contributed by atoms with Gasteiger partial charge in [-0.05, 0) is 38.4 Å². The maximum absolute atomic E-state index is 5.95. The Morgan fingerprint density at radius 3 is 2.95 bits per heavy atom. The second kappa shape index (κ2) is 6.01. The van der Waals surface area contributed by atoms with Crippen LogP contribution in [0.4, 0.5) is 0 Å². The Balaban J connectivity index is 1.83. The highest BCUT2D eigenvalue weighted by molar-refractivity contribution is 7.17. The van der Waals surface area contributed by atoms with E-state index < -0.39 is 0 Å². The smallest absolute Gasteiger partial charge is 0.174 e. The van der Waals surface area contributed by atoms with Crippen molar-refractivity contribution < 1.29 is 4.74 Å². The standard InChI is InChI=1S/C14H15ClN4OS/c1-18(2)7-8-20-14-6-3-11(21-14)10-9-16-13-5-4-12(15)17-19(10)13/h3-6,9H,7-8H2,1-2H3. The van der Waals surface area contributed by atoms with E-state index in [1.54, 1.807) is 28.1 Å². The van der Waals surface area contributed by atoms with E-state index in [9.17, 15) is 0 Å². The largest absolute Gasteiger partial charge is 0.483 e. The quantitative estimate of drug-likeness (QED) is 0.724. The third kappa shape index (κ3) is 3.18. The zero-order valence-electron chi connectivity index (χ0n) is 11.8. The zero-order chi connectivity index (χ0) is 14.8. The van der Waals surface area contributed by atoms with Crippen LogP contribution >= 0.6 is 22.9 Å². The van der Waals surface area contributed by atoms with Gasteiger partial charge in [0.25, 0.3) is 0 Å². The molecule has 0 bridgehead atoms. The second-order valence-corrected chi connectivity index (χ2v) is 6.27. The summed E-state index contributed by atoms with van der Waals surface area (Å²) in [4.78, 5) is 7.47. The van der Waals surface area contributed by atoms with Gasteiger partial charge in [0.1, 0.15) is 17.5 Å². The molecule has 0 aliphatic heterocycles. The third-order valence-electron chi connectivity index (χ3n) is 2.95. The van der Waals surface area contributed by atoms with Crippen LogP contribution < -0.4 is 4.74 Å². The molecule has 0 spiro atoms. The monoisotopic (exact) mass is 322 g/mol. The summed E-state index contributed by atoms with van der Waals surface area (Å²) in [6.45, 7) is 1.56. The summed E-state index contributed by atoms with van der Waals surface area (Å²) < 4.78 is 7.48. The molecule has 21 heavy (non-hydrogen) atoms. The van der Waals surface area contributed by atoms with Crippen LogP contribution in [0.1, 0.15) is 0 Å². The summed E-state index contributed by atoms with van der Waals surface area (Å²) in [5.74, 6) is 0. The van der Waals surface area contributed by atoms with Gasteiger partial charge < -0.3 is 9.64 Å². The fourth-order valence-corrected chi connectivity index (χ4v) is 2.90. The highest BCUT2D eigenvalue weighted by Gasteiger charge is 2.10. The van der Waals surface area contributed by atoms with Crippen molar-refractivity contribution in [1.29, 1.82) is 0 Å². The topological polar surface area (TPSA) is 42.7 Å². The van der Waals surface area contributed by atoms with Crippen LogP contribution in [-0.2, 0) is 0 Å². The molecule has 0 saturated heterocycles. The van der Waals surface area contributed by atoms with E-state index in [4.69, 9.17) is 16.3 Å². The maximum Gasteiger partial charge on any atom is 0.174 e. The van der Waals surface area contributed by atoms with Gasteiger partial charge >= 0.3 is 0 Å². The molecule has 0 aliphatic carbocycles.